The number of fused-ring (bicyclic) bond motifs is 1. The van der Waals surface area contributed by atoms with E-state index in [1.54, 1.807) is 0 Å². The van der Waals surface area contributed by atoms with Crippen LogP contribution in [0.25, 0.3) is 0 Å². The molecule has 0 spiro atoms. The van der Waals surface area contributed by atoms with Crippen LogP contribution in [0.15, 0.2) is 24.3 Å². The summed E-state index contributed by atoms with van der Waals surface area (Å²) < 4.78 is 5.67. The van der Waals surface area contributed by atoms with Gasteiger partial charge in [-0.05, 0) is 24.0 Å². The number of hydrogen-bond donors (Lipinski definition) is 1. The molecule has 1 unspecified atom stereocenters. The van der Waals surface area contributed by atoms with Crippen molar-refractivity contribution in [1.82, 2.24) is 0 Å². The van der Waals surface area contributed by atoms with Crippen LogP contribution in [-0.2, 0) is 4.74 Å². The molecule has 0 saturated heterocycles. The number of hydrogen-bond acceptors (Lipinski definition) is 3. The standard InChI is InChI=1S/C15H24N2O/c1-12(2)11-18-10-9-17-8-7-14(16)13-5-3-4-6-15(13)17/h3-6,12,14H,7-11,16H2,1-2H3. The largest absolute Gasteiger partial charge is 0.379 e. The zero-order valence-corrected chi connectivity index (χ0v) is 11.4. The summed E-state index contributed by atoms with van der Waals surface area (Å²) in [4.78, 5) is 2.39. The Morgan fingerprint density at radius 1 is 1.39 bits per heavy atom. The molecule has 0 radical (unpaired) electrons. The fraction of sp³-hybridized carbons (Fsp3) is 0.600. The van der Waals surface area contributed by atoms with Crippen LogP contribution in [-0.4, -0.2) is 26.3 Å². The van der Waals surface area contributed by atoms with Crippen LogP contribution >= 0.6 is 0 Å². The van der Waals surface area contributed by atoms with Crippen LogP contribution in [0.4, 0.5) is 5.69 Å². The molecule has 1 aliphatic rings. The van der Waals surface area contributed by atoms with E-state index < -0.39 is 0 Å². The molecule has 2 rings (SSSR count). The monoisotopic (exact) mass is 248 g/mol. The molecule has 1 aromatic rings. The Morgan fingerprint density at radius 2 is 2.17 bits per heavy atom. The molecule has 0 saturated carbocycles. The highest BCUT2D eigenvalue weighted by atomic mass is 16.5. The van der Waals surface area contributed by atoms with Gasteiger partial charge in [0.1, 0.15) is 0 Å². The van der Waals surface area contributed by atoms with E-state index >= 15 is 0 Å². The van der Waals surface area contributed by atoms with Crippen molar-refractivity contribution in [2.75, 3.05) is 31.2 Å². The molecule has 1 heterocycles. The Morgan fingerprint density at radius 3 is 2.94 bits per heavy atom. The number of nitrogens with zero attached hydrogens (tertiary/aromatic N) is 1. The normalized spacial score (nSPS) is 19.1. The summed E-state index contributed by atoms with van der Waals surface area (Å²) >= 11 is 0. The molecule has 1 atom stereocenters. The summed E-state index contributed by atoms with van der Waals surface area (Å²) in [5, 5.41) is 0. The van der Waals surface area contributed by atoms with Crippen molar-refractivity contribution < 1.29 is 4.74 Å². The van der Waals surface area contributed by atoms with Crippen molar-refractivity contribution in [1.29, 1.82) is 0 Å². The first kappa shape index (κ1) is 13.4. The molecule has 0 amide bonds. The summed E-state index contributed by atoms with van der Waals surface area (Å²) in [6, 6.07) is 8.64. The topological polar surface area (TPSA) is 38.5 Å². The second-order valence-electron chi connectivity index (χ2n) is 5.41. The summed E-state index contributed by atoms with van der Waals surface area (Å²) in [5.41, 5.74) is 8.70. The van der Waals surface area contributed by atoms with Gasteiger partial charge in [-0.25, -0.2) is 0 Å². The minimum absolute atomic E-state index is 0.189. The second kappa shape index (κ2) is 6.21. The molecule has 100 valence electrons. The van der Waals surface area contributed by atoms with Gasteiger partial charge >= 0.3 is 0 Å². The first-order valence-corrected chi connectivity index (χ1v) is 6.85. The molecule has 3 heteroatoms. The van der Waals surface area contributed by atoms with Gasteiger partial charge in [-0.3, -0.25) is 0 Å². The number of ether oxygens (including phenoxy) is 1. The molecule has 1 aromatic carbocycles. The van der Waals surface area contributed by atoms with Crippen molar-refractivity contribution in [3.8, 4) is 0 Å². The molecule has 0 fully saturated rings. The Bertz CT molecular complexity index is 379. The number of benzene rings is 1. The van der Waals surface area contributed by atoms with Gasteiger partial charge in [0, 0.05) is 31.4 Å². The Kier molecular flexibility index (Phi) is 4.61. The highest BCUT2D eigenvalue weighted by Crippen LogP contribution is 2.31. The second-order valence-corrected chi connectivity index (χ2v) is 5.41. The smallest absolute Gasteiger partial charge is 0.0641 e. The van der Waals surface area contributed by atoms with Gasteiger partial charge in [0.15, 0.2) is 0 Å². The van der Waals surface area contributed by atoms with Crippen molar-refractivity contribution in [2.45, 2.75) is 26.3 Å². The maximum Gasteiger partial charge on any atom is 0.0641 e. The maximum atomic E-state index is 6.15. The summed E-state index contributed by atoms with van der Waals surface area (Å²) in [7, 11) is 0. The molecule has 0 aromatic heterocycles. The van der Waals surface area contributed by atoms with Crippen molar-refractivity contribution in [2.24, 2.45) is 11.7 Å². The van der Waals surface area contributed by atoms with E-state index in [-0.39, 0.29) is 6.04 Å². The average Bonchev–Trinajstić information content (AvgIpc) is 2.37. The maximum absolute atomic E-state index is 6.15. The molecule has 3 nitrogen and oxygen atoms in total. The van der Waals surface area contributed by atoms with Gasteiger partial charge in [-0.2, -0.15) is 0 Å². The van der Waals surface area contributed by atoms with Gasteiger partial charge in [-0.15, -0.1) is 0 Å². The van der Waals surface area contributed by atoms with E-state index in [2.05, 4.69) is 43.0 Å². The minimum Gasteiger partial charge on any atom is -0.379 e. The van der Waals surface area contributed by atoms with E-state index in [0.29, 0.717) is 5.92 Å². The van der Waals surface area contributed by atoms with Gasteiger partial charge in [0.05, 0.1) is 6.61 Å². The molecule has 18 heavy (non-hydrogen) atoms. The van der Waals surface area contributed by atoms with Gasteiger partial charge < -0.3 is 15.4 Å². The summed E-state index contributed by atoms with van der Waals surface area (Å²) in [5.74, 6) is 0.604. The van der Waals surface area contributed by atoms with Crippen molar-refractivity contribution in [3.63, 3.8) is 0 Å². The Labute approximate surface area is 110 Å². The SMILES string of the molecule is CC(C)COCCN1CCC(N)c2ccccc21. The van der Waals surface area contributed by atoms with Gasteiger partial charge in [0.2, 0.25) is 0 Å². The summed E-state index contributed by atoms with van der Waals surface area (Å²) in [6.07, 6.45) is 1.03. The third-order valence-corrected chi connectivity index (χ3v) is 3.34. The van der Waals surface area contributed by atoms with Gasteiger partial charge in [-0.1, -0.05) is 32.0 Å². The number of anilines is 1. The van der Waals surface area contributed by atoms with Crippen LogP contribution in [0.1, 0.15) is 31.9 Å². The molecule has 0 bridgehead atoms. The minimum atomic E-state index is 0.189. The predicted octanol–water partition coefficient (Wildman–Crippen LogP) is 2.57. The zero-order chi connectivity index (χ0) is 13.0. The fourth-order valence-corrected chi connectivity index (χ4v) is 2.39. The summed E-state index contributed by atoms with van der Waals surface area (Å²) in [6.45, 7) is 7.97. The lowest BCUT2D eigenvalue weighted by atomic mass is 9.97. The first-order chi connectivity index (χ1) is 8.68. The molecule has 1 aliphatic heterocycles. The van der Waals surface area contributed by atoms with E-state index in [9.17, 15) is 0 Å². The lowest BCUT2D eigenvalue weighted by molar-refractivity contribution is 0.115. The Hall–Kier alpha value is -1.06. The number of rotatable bonds is 5. The third-order valence-electron chi connectivity index (χ3n) is 3.34. The highest BCUT2D eigenvalue weighted by Gasteiger charge is 2.21. The first-order valence-electron chi connectivity index (χ1n) is 6.85. The lowest BCUT2D eigenvalue weighted by Gasteiger charge is -2.34. The van der Waals surface area contributed by atoms with Gasteiger partial charge in [0.25, 0.3) is 0 Å². The predicted molar refractivity (Wildman–Crippen MR) is 75.9 cm³/mol. The van der Waals surface area contributed by atoms with Crippen LogP contribution in [0, 0.1) is 5.92 Å². The van der Waals surface area contributed by atoms with E-state index in [1.807, 2.05) is 0 Å². The lowest BCUT2D eigenvalue weighted by Crippen LogP contribution is -2.36. The van der Waals surface area contributed by atoms with Crippen LogP contribution in [0.5, 0.6) is 0 Å². The Balaban J connectivity index is 1.92. The van der Waals surface area contributed by atoms with E-state index in [4.69, 9.17) is 10.5 Å². The number of para-hydroxylation sites is 1. The highest BCUT2D eigenvalue weighted by molar-refractivity contribution is 5.56. The average molecular weight is 248 g/mol. The zero-order valence-electron chi connectivity index (χ0n) is 11.4. The molecule has 0 aliphatic carbocycles. The fourth-order valence-electron chi connectivity index (χ4n) is 2.39. The van der Waals surface area contributed by atoms with Crippen molar-refractivity contribution in [3.05, 3.63) is 29.8 Å². The number of nitrogens with two attached hydrogens (primary N) is 1. The molecular weight excluding hydrogens is 224 g/mol. The van der Waals surface area contributed by atoms with Crippen LogP contribution in [0.3, 0.4) is 0 Å². The van der Waals surface area contributed by atoms with E-state index in [0.717, 1.165) is 32.7 Å². The van der Waals surface area contributed by atoms with Crippen molar-refractivity contribution >= 4 is 5.69 Å². The third kappa shape index (κ3) is 3.24. The molecule has 2 N–H and O–H groups in total. The molecular formula is C15H24N2O. The van der Waals surface area contributed by atoms with E-state index in [1.165, 1.54) is 11.3 Å². The van der Waals surface area contributed by atoms with Crippen LogP contribution in [0.2, 0.25) is 0 Å². The van der Waals surface area contributed by atoms with Crippen LogP contribution < -0.4 is 10.6 Å². The quantitative estimate of drug-likeness (QED) is 0.814.